The Bertz CT molecular complexity index is 570. The number of benzene rings is 2. The first kappa shape index (κ1) is 14.3. The summed E-state index contributed by atoms with van der Waals surface area (Å²) in [6.45, 7) is 4.35. The lowest BCUT2D eigenvalue weighted by Crippen LogP contribution is -2.05. The van der Waals surface area contributed by atoms with Crippen molar-refractivity contribution in [2.45, 2.75) is 26.2 Å². The maximum atomic E-state index is 12.2. The number of rotatable bonds is 4. The first-order valence-electron chi connectivity index (χ1n) is 6.44. The van der Waals surface area contributed by atoms with Crippen molar-refractivity contribution >= 4 is 28.4 Å². The standard InChI is InChI=1S/C17H17IO/c1-12(2)14-9-7-13(8-10-14)11-17(19)15-5-3-4-6-16(15)18/h3-10,12H,11H2,1-2H3. The SMILES string of the molecule is CC(C)c1ccc(CC(=O)c2ccccc2I)cc1. The zero-order valence-electron chi connectivity index (χ0n) is 11.2. The van der Waals surface area contributed by atoms with Gasteiger partial charge in [-0.05, 0) is 45.7 Å². The second-order valence-corrected chi connectivity index (χ2v) is 6.14. The first-order valence-corrected chi connectivity index (χ1v) is 7.52. The molecule has 0 unspecified atom stereocenters. The van der Waals surface area contributed by atoms with Crippen LogP contribution < -0.4 is 0 Å². The van der Waals surface area contributed by atoms with Crippen LogP contribution in [0.3, 0.4) is 0 Å². The Morgan fingerprint density at radius 2 is 1.68 bits per heavy atom. The van der Waals surface area contributed by atoms with E-state index in [9.17, 15) is 4.79 Å². The summed E-state index contributed by atoms with van der Waals surface area (Å²) in [6, 6.07) is 16.1. The predicted octanol–water partition coefficient (Wildman–Crippen LogP) is 4.84. The van der Waals surface area contributed by atoms with Gasteiger partial charge in [-0.2, -0.15) is 0 Å². The molecule has 0 heterocycles. The summed E-state index contributed by atoms with van der Waals surface area (Å²) in [6.07, 6.45) is 0.471. The summed E-state index contributed by atoms with van der Waals surface area (Å²) >= 11 is 2.21. The molecule has 0 aliphatic heterocycles. The molecular weight excluding hydrogens is 347 g/mol. The van der Waals surface area contributed by atoms with Gasteiger partial charge in [0.2, 0.25) is 0 Å². The quantitative estimate of drug-likeness (QED) is 0.561. The van der Waals surface area contributed by atoms with Gasteiger partial charge in [0.15, 0.2) is 5.78 Å². The van der Waals surface area contributed by atoms with Gasteiger partial charge in [0.25, 0.3) is 0 Å². The molecule has 0 spiro atoms. The molecule has 0 saturated heterocycles. The summed E-state index contributed by atoms with van der Waals surface area (Å²) in [5, 5.41) is 0. The van der Waals surface area contributed by atoms with Crippen molar-refractivity contribution in [1.29, 1.82) is 0 Å². The van der Waals surface area contributed by atoms with Crippen LogP contribution in [0.25, 0.3) is 0 Å². The summed E-state index contributed by atoms with van der Waals surface area (Å²) in [7, 11) is 0. The minimum Gasteiger partial charge on any atom is -0.294 e. The zero-order chi connectivity index (χ0) is 13.8. The lowest BCUT2D eigenvalue weighted by atomic mass is 9.98. The summed E-state index contributed by atoms with van der Waals surface area (Å²) in [4.78, 5) is 12.2. The molecule has 2 aromatic rings. The molecule has 0 fully saturated rings. The molecule has 0 radical (unpaired) electrons. The lowest BCUT2D eigenvalue weighted by Gasteiger charge is -2.07. The van der Waals surface area contributed by atoms with Crippen LogP contribution >= 0.6 is 22.6 Å². The Kier molecular flexibility index (Phi) is 4.75. The molecule has 0 aliphatic rings. The van der Waals surface area contributed by atoms with Gasteiger partial charge in [0.05, 0.1) is 0 Å². The lowest BCUT2D eigenvalue weighted by molar-refractivity contribution is 0.0992. The topological polar surface area (TPSA) is 17.1 Å². The predicted molar refractivity (Wildman–Crippen MR) is 87.7 cm³/mol. The van der Waals surface area contributed by atoms with E-state index in [1.807, 2.05) is 24.3 Å². The van der Waals surface area contributed by atoms with Crippen LogP contribution in [0.2, 0.25) is 0 Å². The van der Waals surface area contributed by atoms with E-state index in [-0.39, 0.29) is 5.78 Å². The highest BCUT2D eigenvalue weighted by Gasteiger charge is 2.10. The van der Waals surface area contributed by atoms with Crippen LogP contribution in [-0.4, -0.2) is 5.78 Å². The average molecular weight is 364 g/mol. The molecule has 1 nitrogen and oxygen atoms in total. The summed E-state index contributed by atoms with van der Waals surface area (Å²) < 4.78 is 1.02. The summed E-state index contributed by atoms with van der Waals surface area (Å²) in [5.41, 5.74) is 3.20. The van der Waals surface area contributed by atoms with Gasteiger partial charge in [-0.15, -0.1) is 0 Å². The maximum Gasteiger partial charge on any atom is 0.168 e. The minimum absolute atomic E-state index is 0.183. The fourth-order valence-corrected chi connectivity index (χ4v) is 2.68. The van der Waals surface area contributed by atoms with E-state index in [0.717, 1.165) is 14.7 Å². The van der Waals surface area contributed by atoms with Gasteiger partial charge < -0.3 is 0 Å². The van der Waals surface area contributed by atoms with Crippen molar-refractivity contribution in [3.05, 3.63) is 68.8 Å². The Labute approximate surface area is 128 Å². The maximum absolute atomic E-state index is 12.2. The van der Waals surface area contributed by atoms with E-state index in [1.165, 1.54) is 5.56 Å². The van der Waals surface area contributed by atoms with E-state index < -0.39 is 0 Å². The Morgan fingerprint density at radius 1 is 1.05 bits per heavy atom. The van der Waals surface area contributed by atoms with E-state index in [2.05, 4.69) is 60.7 Å². The van der Waals surface area contributed by atoms with Gasteiger partial charge >= 0.3 is 0 Å². The van der Waals surface area contributed by atoms with E-state index in [1.54, 1.807) is 0 Å². The van der Waals surface area contributed by atoms with Gasteiger partial charge in [-0.25, -0.2) is 0 Å². The molecule has 0 saturated carbocycles. The van der Waals surface area contributed by atoms with E-state index in [0.29, 0.717) is 12.3 Å². The molecule has 2 rings (SSSR count). The number of carbonyl (C=O) groups excluding carboxylic acids is 1. The van der Waals surface area contributed by atoms with Crippen molar-refractivity contribution in [2.75, 3.05) is 0 Å². The van der Waals surface area contributed by atoms with Crippen LogP contribution in [0.15, 0.2) is 48.5 Å². The van der Waals surface area contributed by atoms with Crippen molar-refractivity contribution in [3.63, 3.8) is 0 Å². The molecule has 2 heteroatoms. The Morgan fingerprint density at radius 3 is 2.26 bits per heavy atom. The number of Topliss-reactive ketones (excluding diaryl/α,β-unsaturated/α-hetero) is 1. The number of carbonyl (C=O) groups is 1. The van der Waals surface area contributed by atoms with Gasteiger partial charge in [-0.3, -0.25) is 4.79 Å². The van der Waals surface area contributed by atoms with Crippen molar-refractivity contribution < 1.29 is 4.79 Å². The molecule has 0 aliphatic carbocycles. The van der Waals surface area contributed by atoms with Crippen molar-refractivity contribution in [3.8, 4) is 0 Å². The Hall–Kier alpha value is -1.16. The number of hydrogen-bond donors (Lipinski definition) is 0. The van der Waals surface area contributed by atoms with Crippen LogP contribution in [0.1, 0.15) is 41.3 Å². The van der Waals surface area contributed by atoms with Gasteiger partial charge in [0.1, 0.15) is 0 Å². The van der Waals surface area contributed by atoms with E-state index >= 15 is 0 Å². The molecule has 98 valence electrons. The number of ketones is 1. The third-order valence-corrected chi connectivity index (χ3v) is 4.13. The van der Waals surface area contributed by atoms with E-state index in [4.69, 9.17) is 0 Å². The van der Waals surface area contributed by atoms with Crippen LogP contribution in [0.5, 0.6) is 0 Å². The smallest absolute Gasteiger partial charge is 0.168 e. The number of hydrogen-bond acceptors (Lipinski definition) is 1. The fourth-order valence-electron chi connectivity index (χ4n) is 1.99. The van der Waals surface area contributed by atoms with Crippen LogP contribution in [-0.2, 0) is 6.42 Å². The highest BCUT2D eigenvalue weighted by atomic mass is 127. The first-order chi connectivity index (χ1) is 9.08. The second-order valence-electron chi connectivity index (χ2n) is 4.98. The van der Waals surface area contributed by atoms with Crippen LogP contribution in [0, 0.1) is 3.57 Å². The molecule has 0 bridgehead atoms. The summed E-state index contributed by atoms with van der Waals surface area (Å²) in [5.74, 6) is 0.710. The minimum atomic E-state index is 0.183. The molecule has 0 atom stereocenters. The third kappa shape index (κ3) is 3.66. The highest BCUT2D eigenvalue weighted by Crippen LogP contribution is 2.17. The zero-order valence-corrected chi connectivity index (χ0v) is 13.3. The molecule has 0 N–H and O–H groups in total. The third-order valence-electron chi connectivity index (χ3n) is 3.19. The molecule has 0 aromatic heterocycles. The van der Waals surface area contributed by atoms with Gasteiger partial charge in [0, 0.05) is 15.6 Å². The molecule has 2 aromatic carbocycles. The molecular formula is C17H17IO. The van der Waals surface area contributed by atoms with Gasteiger partial charge in [-0.1, -0.05) is 56.3 Å². The molecule has 0 amide bonds. The largest absolute Gasteiger partial charge is 0.294 e. The average Bonchev–Trinajstić information content (AvgIpc) is 2.39. The van der Waals surface area contributed by atoms with Crippen LogP contribution in [0.4, 0.5) is 0 Å². The van der Waals surface area contributed by atoms with Crippen molar-refractivity contribution in [2.24, 2.45) is 0 Å². The Balaban J connectivity index is 2.13. The fraction of sp³-hybridized carbons (Fsp3) is 0.235. The molecule has 19 heavy (non-hydrogen) atoms. The van der Waals surface area contributed by atoms with Crippen molar-refractivity contribution in [1.82, 2.24) is 0 Å². The number of halogens is 1. The highest BCUT2D eigenvalue weighted by molar-refractivity contribution is 14.1. The monoisotopic (exact) mass is 364 g/mol. The second kappa shape index (κ2) is 6.33. The normalized spacial score (nSPS) is 10.7.